The highest BCUT2D eigenvalue weighted by Gasteiger charge is 2.34. The molecule has 0 bridgehead atoms. The molecule has 100 valence electrons. The second-order valence-electron chi connectivity index (χ2n) is 3.75. The van der Waals surface area contributed by atoms with Crippen molar-refractivity contribution in [1.29, 1.82) is 0 Å². The van der Waals surface area contributed by atoms with Crippen LogP contribution < -0.4 is 0 Å². The lowest BCUT2D eigenvalue weighted by molar-refractivity contribution is -0.138. The number of alkyl halides is 3. The van der Waals surface area contributed by atoms with Crippen molar-refractivity contribution in [2.75, 3.05) is 0 Å². The molecule has 0 N–H and O–H groups in total. The van der Waals surface area contributed by atoms with Gasteiger partial charge in [-0.25, -0.2) is 9.97 Å². The number of hydrogen-bond donors (Lipinski definition) is 0. The molecule has 7 heteroatoms. The molecule has 0 atom stereocenters. The van der Waals surface area contributed by atoms with E-state index in [9.17, 15) is 13.2 Å². The van der Waals surface area contributed by atoms with E-state index in [4.69, 9.17) is 23.2 Å². The summed E-state index contributed by atoms with van der Waals surface area (Å²) in [6.07, 6.45) is -1.72. The van der Waals surface area contributed by atoms with Crippen LogP contribution in [0.4, 0.5) is 13.2 Å². The Balaban J connectivity index is 2.50. The maximum atomic E-state index is 13.0. The SMILES string of the molecule is FC(F)(F)c1cc(Cl)cc(Cl)c1Cc1ncccn1. The van der Waals surface area contributed by atoms with Crippen LogP contribution in [-0.2, 0) is 12.6 Å². The van der Waals surface area contributed by atoms with Gasteiger partial charge < -0.3 is 0 Å². The van der Waals surface area contributed by atoms with E-state index in [-0.39, 0.29) is 27.9 Å². The van der Waals surface area contributed by atoms with Gasteiger partial charge in [-0.15, -0.1) is 0 Å². The molecule has 2 rings (SSSR count). The molecule has 0 aliphatic heterocycles. The fourth-order valence-corrected chi connectivity index (χ4v) is 2.18. The Morgan fingerprint density at radius 2 is 1.68 bits per heavy atom. The molecule has 1 aromatic carbocycles. The highest BCUT2D eigenvalue weighted by Crippen LogP contribution is 2.37. The van der Waals surface area contributed by atoms with Crippen LogP contribution in [0, 0.1) is 0 Å². The third-order valence-electron chi connectivity index (χ3n) is 2.42. The lowest BCUT2D eigenvalue weighted by Gasteiger charge is -2.14. The summed E-state index contributed by atoms with van der Waals surface area (Å²) < 4.78 is 38.9. The molecule has 0 aliphatic carbocycles. The second-order valence-corrected chi connectivity index (χ2v) is 4.60. The van der Waals surface area contributed by atoms with Crippen LogP contribution in [0.3, 0.4) is 0 Å². The van der Waals surface area contributed by atoms with Crippen LogP contribution >= 0.6 is 23.2 Å². The van der Waals surface area contributed by atoms with Crippen LogP contribution in [-0.4, -0.2) is 9.97 Å². The van der Waals surface area contributed by atoms with E-state index < -0.39 is 11.7 Å². The fourth-order valence-electron chi connectivity index (χ4n) is 1.62. The van der Waals surface area contributed by atoms with Gasteiger partial charge in [0, 0.05) is 28.9 Å². The minimum atomic E-state index is -4.53. The molecule has 2 nitrogen and oxygen atoms in total. The summed E-state index contributed by atoms with van der Waals surface area (Å²) in [6.45, 7) is 0. The molecule has 0 spiro atoms. The van der Waals surface area contributed by atoms with Gasteiger partial charge in [0.25, 0.3) is 0 Å². The van der Waals surface area contributed by atoms with Crippen molar-refractivity contribution in [1.82, 2.24) is 9.97 Å². The molecule has 0 saturated carbocycles. The Morgan fingerprint density at radius 3 is 2.26 bits per heavy atom. The summed E-state index contributed by atoms with van der Waals surface area (Å²) in [5.41, 5.74) is -0.942. The lowest BCUT2D eigenvalue weighted by Crippen LogP contribution is -2.11. The van der Waals surface area contributed by atoms with E-state index in [1.54, 1.807) is 6.07 Å². The zero-order valence-electron chi connectivity index (χ0n) is 9.38. The first kappa shape index (κ1) is 14.1. The number of benzene rings is 1. The largest absolute Gasteiger partial charge is 0.416 e. The molecule has 2 aromatic rings. The quantitative estimate of drug-likeness (QED) is 0.822. The molecule has 0 radical (unpaired) electrons. The zero-order valence-corrected chi connectivity index (χ0v) is 10.9. The van der Waals surface area contributed by atoms with E-state index in [0.29, 0.717) is 0 Å². The minimum Gasteiger partial charge on any atom is -0.241 e. The smallest absolute Gasteiger partial charge is 0.241 e. The van der Waals surface area contributed by atoms with Gasteiger partial charge in [-0.05, 0) is 23.8 Å². The van der Waals surface area contributed by atoms with Crippen LogP contribution in [0.5, 0.6) is 0 Å². The maximum Gasteiger partial charge on any atom is 0.416 e. The normalized spacial score (nSPS) is 11.6. The van der Waals surface area contributed by atoms with Gasteiger partial charge in [0.05, 0.1) is 5.56 Å². The van der Waals surface area contributed by atoms with Crippen LogP contribution in [0.15, 0.2) is 30.6 Å². The summed E-state index contributed by atoms with van der Waals surface area (Å²) in [7, 11) is 0. The van der Waals surface area contributed by atoms with Gasteiger partial charge in [-0.2, -0.15) is 13.2 Å². The molecular formula is C12H7Cl2F3N2. The number of aromatic nitrogens is 2. The summed E-state index contributed by atoms with van der Waals surface area (Å²) in [5.74, 6) is 0.261. The highest BCUT2D eigenvalue weighted by atomic mass is 35.5. The third-order valence-corrected chi connectivity index (χ3v) is 2.98. The van der Waals surface area contributed by atoms with Gasteiger partial charge in [-0.1, -0.05) is 23.2 Å². The Kier molecular flexibility index (Phi) is 3.96. The average Bonchev–Trinajstić information content (AvgIpc) is 2.32. The van der Waals surface area contributed by atoms with E-state index in [1.807, 2.05) is 0 Å². The summed E-state index contributed by atoms with van der Waals surface area (Å²) in [5, 5.41) is -0.109. The number of hydrogen-bond acceptors (Lipinski definition) is 2. The molecular weight excluding hydrogens is 300 g/mol. The van der Waals surface area contributed by atoms with Crippen molar-refractivity contribution >= 4 is 23.2 Å². The molecule has 0 amide bonds. The molecule has 19 heavy (non-hydrogen) atoms. The molecule has 0 unspecified atom stereocenters. The number of rotatable bonds is 2. The molecule has 1 heterocycles. The van der Waals surface area contributed by atoms with Crippen LogP contribution in [0.2, 0.25) is 10.0 Å². The average molecular weight is 307 g/mol. The topological polar surface area (TPSA) is 25.8 Å². The Bertz CT molecular complexity index is 586. The van der Waals surface area contributed by atoms with Crippen molar-refractivity contribution in [2.45, 2.75) is 12.6 Å². The van der Waals surface area contributed by atoms with E-state index in [1.165, 1.54) is 18.5 Å². The minimum absolute atomic E-state index is 0.0488. The number of nitrogens with zero attached hydrogens (tertiary/aromatic N) is 2. The van der Waals surface area contributed by atoms with E-state index in [2.05, 4.69) is 9.97 Å². The van der Waals surface area contributed by atoms with Gasteiger partial charge >= 0.3 is 6.18 Å². The fraction of sp³-hybridized carbons (Fsp3) is 0.167. The van der Waals surface area contributed by atoms with E-state index in [0.717, 1.165) is 6.07 Å². The van der Waals surface area contributed by atoms with Crippen molar-refractivity contribution in [3.63, 3.8) is 0 Å². The lowest BCUT2D eigenvalue weighted by atomic mass is 10.0. The second kappa shape index (κ2) is 5.35. The van der Waals surface area contributed by atoms with Gasteiger partial charge in [-0.3, -0.25) is 0 Å². The van der Waals surface area contributed by atoms with Crippen molar-refractivity contribution < 1.29 is 13.2 Å². The Labute approximate surface area is 117 Å². The Morgan fingerprint density at radius 1 is 1.05 bits per heavy atom. The van der Waals surface area contributed by atoms with Crippen LogP contribution in [0.1, 0.15) is 17.0 Å². The number of halogens is 5. The first-order valence-electron chi connectivity index (χ1n) is 5.19. The Hall–Kier alpha value is -1.33. The van der Waals surface area contributed by atoms with Gasteiger partial charge in [0.15, 0.2) is 0 Å². The van der Waals surface area contributed by atoms with Gasteiger partial charge in [0.1, 0.15) is 5.82 Å². The molecule has 0 aliphatic rings. The summed E-state index contributed by atoms with van der Waals surface area (Å²) >= 11 is 11.5. The van der Waals surface area contributed by atoms with Crippen molar-refractivity contribution in [3.8, 4) is 0 Å². The molecule has 0 saturated heterocycles. The monoisotopic (exact) mass is 306 g/mol. The van der Waals surface area contributed by atoms with Crippen LogP contribution in [0.25, 0.3) is 0 Å². The standard InChI is InChI=1S/C12H7Cl2F3N2/c13-7-4-9(12(15,16)17)8(10(14)5-7)6-11-18-2-1-3-19-11/h1-5H,6H2. The van der Waals surface area contributed by atoms with Gasteiger partial charge in [0.2, 0.25) is 0 Å². The van der Waals surface area contributed by atoms with Crippen molar-refractivity contribution in [3.05, 3.63) is 57.6 Å². The van der Waals surface area contributed by atoms with E-state index >= 15 is 0 Å². The molecule has 0 fully saturated rings. The predicted molar refractivity (Wildman–Crippen MR) is 66.3 cm³/mol. The maximum absolute atomic E-state index is 13.0. The van der Waals surface area contributed by atoms with Crippen molar-refractivity contribution in [2.24, 2.45) is 0 Å². The predicted octanol–water partition coefficient (Wildman–Crippen LogP) is 4.39. The zero-order chi connectivity index (χ0) is 14.0. The molecule has 1 aromatic heterocycles. The third kappa shape index (κ3) is 3.36. The summed E-state index contributed by atoms with van der Waals surface area (Å²) in [6, 6.07) is 3.71. The first-order chi connectivity index (χ1) is 8.88. The summed E-state index contributed by atoms with van der Waals surface area (Å²) in [4.78, 5) is 7.78. The highest BCUT2D eigenvalue weighted by molar-refractivity contribution is 6.35. The first-order valence-corrected chi connectivity index (χ1v) is 5.94.